The normalized spacial score (nSPS) is 19.2. The van der Waals surface area contributed by atoms with Crippen LogP contribution in [-0.4, -0.2) is 18.6 Å². The molecule has 1 fully saturated rings. The first-order valence-corrected chi connectivity index (χ1v) is 5.98. The smallest absolute Gasteiger partial charge is 0.226 e. The molecule has 1 aromatic carbocycles. The zero-order valence-corrected chi connectivity index (χ0v) is 9.82. The lowest BCUT2D eigenvalue weighted by molar-refractivity contribution is -0.118. The molecular formula is C13H18N2O2. The highest BCUT2D eigenvalue weighted by atomic mass is 16.5. The first-order valence-electron chi connectivity index (χ1n) is 5.98. The van der Waals surface area contributed by atoms with E-state index in [4.69, 9.17) is 10.5 Å². The van der Waals surface area contributed by atoms with E-state index in [-0.39, 0.29) is 12.0 Å². The largest absolute Gasteiger partial charge is 0.378 e. The second-order valence-electron chi connectivity index (χ2n) is 4.29. The van der Waals surface area contributed by atoms with Gasteiger partial charge in [0.25, 0.3) is 0 Å². The molecule has 4 nitrogen and oxygen atoms in total. The van der Waals surface area contributed by atoms with Crippen molar-refractivity contribution in [2.75, 3.05) is 11.9 Å². The van der Waals surface area contributed by atoms with Gasteiger partial charge in [-0.05, 0) is 30.5 Å². The van der Waals surface area contributed by atoms with Crippen molar-refractivity contribution in [3.05, 3.63) is 29.8 Å². The lowest BCUT2D eigenvalue weighted by atomic mass is 10.1. The molecule has 1 saturated heterocycles. The van der Waals surface area contributed by atoms with Gasteiger partial charge in [-0.25, -0.2) is 0 Å². The van der Waals surface area contributed by atoms with Gasteiger partial charge in [-0.3, -0.25) is 4.79 Å². The van der Waals surface area contributed by atoms with E-state index in [2.05, 4.69) is 5.32 Å². The van der Waals surface area contributed by atoms with E-state index in [1.807, 2.05) is 24.3 Å². The van der Waals surface area contributed by atoms with Gasteiger partial charge >= 0.3 is 0 Å². The quantitative estimate of drug-likeness (QED) is 0.832. The number of hydrogen-bond acceptors (Lipinski definition) is 3. The molecule has 1 amide bonds. The molecule has 1 unspecified atom stereocenters. The molecule has 3 N–H and O–H groups in total. The van der Waals surface area contributed by atoms with Crippen LogP contribution in [0.5, 0.6) is 0 Å². The molecule has 1 aliphatic heterocycles. The summed E-state index contributed by atoms with van der Waals surface area (Å²) in [5.74, 6) is 0.00562. The SMILES string of the molecule is NCc1cccc(NC(=O)CC2CCCO2)c1. The predicted octanol–water partition coefficient (Wildman–Crippen LogP) is 1.65. The van der Waals surface area contributed by atoms with E-state index in [1.165, 1.54) is 0 Å². The summed E-state index contributed by atoms with van der Waals surface area (Å²) in [5, 5.41) is 2.87. The molecule has 4 heteroatoms. The number of nitrogens with two attached hydrogens (primary N) is 1. The fraction of sp³-hybridized carbons (Fsp3) is 0.462. The zero-order valence-electron chi connectivity index (χ0n) is 9.82. The molecule has 1 atom stereocenters. The van der Waals surface area contributed by atoms with E-state index in [1.54, 1.807) is 0 Å². The zero-order chi connectivity index (χ0) is 12.1. The summed E-state index contributed by atoms with van der Waals surface area (Å²) in [6.07, 6.45) is 2.57. The van der Waals surface area contributed by atoms with Gasteiger partial charge in [0.05, 0.1) is 12.5 Å². The third-order valence-corrected chi connectivity index (χ3v) is 2.88. The van der Waals surface area contributed by atoms with Crippen molar-refractivity contribution in [3.8, 4) is 0 Å². The van der Waals surface area contributed by atoms with Gasteiger partial charge in [0.1, 0.15) is 0 Å². The Morgan fingerprint density at radius 1 is 1.53 bits per heavy atom. The number of nitrogens with one attached hydrogen (secondary N) is 1. The van der Waals surface area contributed by atoms with Crippen molar-refractivity contribution in [2.45, 2.75) is 31.9 Å². The van der Waals surface area contributed by atoms with Crippen LogP contribution in [0.4, 0.5) is 5.69 Å². The second-order valence-corrected chi connectivity index (χ2v) is 4.29. The van der Waals surface area contributed by atoms with Crippen molar-refractivity contribution in [2.24, 2.45) is 5.73 Å². The minimum atomic E-state index is 0.00562. The third kappa shape index (κ3) is 3.54. The van der Waals surface area contributed by atoms with Gasteiger partial charge < -0.3 is 15.8 Å². The molecule has 0 aliphatic carbocycles. The highest BCUT2D eigenvalue weighted by Gasteiger charge is 2.18. The number of ether oxygens (including phenoxy) is 1. The Morgan fingerprint density at radius 2 is 2.41 bits per heavy atom. The Hall–Kier alpha value is -1.39. The summed E-state index contributed by atoms with van der Waals surface area (Å²) in [5.41, 5.74) is 7.36. The van der Waals surface area contributed by atoms with Crippen LogP contribution in [0.3, 0.4) is 0 Å². The number of carbonyl (C=O) groups is 1. The van der Waals surface area contributed by atoms with Crippen LogP contribution in [-0.2, 0) is 16.1 Å². The molecule has 0 aromatic heterocycles. The van der Waals surface area contributed by atoms with Gasteiger partial charge in [0.2, 0.25) is 5.91 Å². The minimum absolute atomic E-state index is 0.00562. The highest BCUT2D eigenvalue weighted by molar-refractivity contribution is 5.91. The molecule has 92 valence electrons. The fourth-order valence-corrected chi connectivity index (χ4v) is 2.00. The second kappa shape index (κ2) is 5.80. The Bertz CT molecular complexity index is 387. The van der Waals surface area contributed by atoms with Crippen molar-refractivity contribution < 1.29 is 9.53 Å². The predicted molar refractivity (Wildman–Crippen MR) is 66.6 cm³/mol. The summed E-state index contributed by atoms with van der Waals surface area (Å²) < 4.78 is 5.43. The lowest BCUT2D eigenvalue weighted by Crippen LogP contribution is -2.19. The van der Waals surface area contributed by atoms with Gasteiger partial charge in [-0.1, -0.05) is 12.1 Å². The van der Waals surface area contributed by atoms with Crippen LogP contribution in [0.15, 0.2) is 24.3 Å². The maximum Gasteiger partial charge on any atom is 0.226 e. The topological polar surface area (TPSA) is 64.3 Å². The van der Waals surface area contributed by atoms with Crippen molar-refractivity contribution in [3.63, 3.8) is 0 Å². The van der Waals surface area contributed by atoms with Crippen LogP contribution in [0.25, 0.3) is 0 Å². The van der Waals surface area contributed by atoms with Gasteiger partial charge in [0, 0.05) is 18.8 Å². The van der Waals surface area contributed by atoms with Crippen LogP contribution < -0.4 is 11.1 Å². The third-order valence-electron chi connectivity index (χ3n) is 2.88. The van der Waals surface area contributed by atoms with Crippen molar-refractivity contribution in [1.29, 1.82) is 0 Å². The van der Waals surface area contributed by atoms with E-state index in [0.29, 0.717) is 13.0 Å². The summed E-state index contributed by atoms with van der Waals surface area (Å²) in [6, 6.07) is 7.60. The van der Waals surface area contributed by atoms with Crippen LogP contribution in [0.1, 0.15) is 24.8 Å². The Labute approximate surface area is 101 Å². The number of carbonyl (C=O) groups excluding carboxylic acids is 1. The number of anilines is 1. The molecule has 1 aliphatic rings. The molecule has 1 aromatic rings. The first kappa shape index (κ1) is 12.1. The minimum Gasteiger partial charge on any atom is -0.378 e. The molecule has 0 spiro atoms. The van der Waals surface area contributed by atoms with E-state index in [9.17, 15) is 4.79 Å². The average Bonchev–Trinajstić information content (AvgIpc) is 2.82. The number of amides is 1. The van der Waals surface area contributed by atoms with Crippen LogP contribution in [0.2, 0.25) is 0 Å². The molecule has 2 rings (SSSR count). The van der Waals surface area contributed by atoms with Crippen molar-refractivity contribution in [1.82, 2.24) is 0 Å². The van der Waals surface area contributed by atoms with E-state index >= 15 is 0 Å². The summed E-state index contributed by atoms with van der Waals surface area (Å²) in [7, 11) is 0. The van der Waals surface area contributed by atoms with Crippen LogP contribution in [0, 0.1) is 0 Å². The van der Waals surface area contributed by atoms with Crippen LogP contribution >= 0.6 is 0 Å². The van der Waals surface area contributed by atoms with Gasteiger partial charge in [0.15, 0.2) is 0 Å². The Morgan fingerprint density at radius 3 is 3.12 bits per heavy atom. The molecule has 17 heavy (non-hydrogen) atoms. The lowest BCUT2D eigenvalue weighted by Gasteiger charge is -2.10. The highest BCUT2D eigenvalue weighted by Crippen LogP contribution is 2.17. The maximum absolute atomic E-state index is 11.7. The summed E-state index contributed by atoms with van der Waals surface area (Å²) in [4.78, 5) is 11.7. The maximum atomic E-state index is 11.7. The first-order chi connectivity index (χ1) is 8.28. The van der Waals surface area contributed by atoms with Gasteiger partial charge in [-0.2, -0.15) is 0 Å². The number of hydrogen-bond donors (Lipinski definition) is 2. The molecule has 0 bridgehead atoms. The van der Waals surface area contributed by atoms with Crippen molar-refractivity contribution >= 4 is 11.6 Å². The Kier molecular flexibility index (Phi) is 4.12. The summed E-state index contributed by atoms with van der Waals surface area (Å²) >= 11 is 0. The summed E-state index contributed by atoms with van der Waals surface area (Å²) in [6.45, 7) is 1.26. The fourth-order valence-electron chi connectivity index (χ4n) is 2.00. The molecule has 1 heterocycles. The Balaban J connectivity index is 1.88. The molecule has 0 saturated carbocycles. The molecular weight excluding hydrogens is 216 g/mol. The monoisotopic (exact) mass is 234 g/mol. The van der Waals surface area contributed by atoms with Gasteiger partial charge in [-0.15, -0.1) is 0 Å². The number of benzene rings is 1. The van der Waals surface area contributed by atoms with E-state index < -0.39 is 0 Å². The average molecular weight is 234 g/mol. The number of rotatable bonds is 4. The molecule has 0 radical (unpaired) electrons. The van der Waals surface area contributed by atoms with E-state index in [0.717, 1.165) is 30.7 Å². The standard InChI is InChI=1S/C13H18N2O2/c14-9-10-3-1-4-11(7-10)15-13(16)8-12-5-2-6-17-12/h1,3-4,7,12H,2,5-6,8-9,14H2,(H,15,16).